The Bertz CT molecular complexity index is 1640. The fraction of sp³-hybridized carbons (Fsp3) is 0.537. The fourth-order valence-corrected chi connectivity index (χ4v) is 9.44. The lowest BCUT2D eigenvalue weighted by molar-refractivity contribution is -0.135. The van der Waals surface area contributed by atoms with Crippen molar-refractivity contribution in [2.45, 2.75) is 121 Å². The topological polar surface area (TPSA) is 130 Å². The van der Waals surface area contributed by atoms with E-state index in [1.54, 1.807) is 0 Å². The van der Waals surface area contributed by atoms with Crippen LogP contribution in [-0.4, -0.2) is 53.6 Å². The highest BCUT2D eigenvalue weighted by Gasteiger charge is 2.54. The van der Waals surface area contributed by atoms with Crippen LogP contribution in [0.1, 0.15) is 119 Å². The van der Waals surface area contributed by atoms with E-state index in [0.717, 1.165) is 25.7 Å². The third-order valence-electron chi connectivity index (χ3n) is 12.2. The molecule has 0 radical (unpaired) electrons. The lowest BCUT2D eigenvalue weighted by Gasteiger charge is -2.54. The highest BCUT2D eigenvalue weighted by Crippen LogP contribution is 2.57. The molecule has 272 valence electrons. The van der Waals surface area contributed by atoms with E-state index in [1.807, 2.05) is 0 Å². The molecule has 7 rings (SSSR count). The van der Waals surface area contributed by atoms with Crippen LogP contribution in [-0.2, 0) is 31.8 Å². The second-order valence-electron chi connectivity index (χ2n) is 15.6. The Kier molecular flexibility index (Phi) is 12.0. The first-order valence-electron chi connectivity index (χ1n) is 18.2. The van der Waals surface area contributed by atoms with Gasteiger partial charge in [0.1, 0.15) is 6.10 Å². The lowest BCUT2D eigenvalue weighted by atomic mass is 9.49. The number of ether oxygens (including phenoxy) is 1. The fourth-order valence-electron chi connectivity index (χ4n) is 9.44. The molecule has 50 heavy (non-hydrogen) atoms. The standard InChI is InChI=1S/C21H25NO.C20H29NO.H2O4S/c1-22-18-12-13-19(22)15-20(14-18)23-21(16-8-4-2-5-9-16)17-10-6-3-7-11-17;1-13(2)14-6-8-16-15(12-14)7-9-17-19(16,3)10-5-11-20(17,4)18(21)22;1-5(2,3)4/h2-11,18-21H,12-15H2,1H3;6,8,12-13,17H,5,7,9-11H2,1-4H3,(H2,21,22);(H2,1,2,3,4). The van der Waals surface area contributed by atoms with Gasteiger partial charge in [-0.05, 0) is 103 Å². The summed E-state index contributed by atoms with van der Waals surface area (Å²) in [5.41, 5.74) is 12.5. The summed E-state index contributed by atoms with van der Waals surface area (Å²) in [6.45, 7) is 8.97. The monoisotopic (exact) mass is 704 g/mol. The van der Waals surface area contributed by atoms with Gasteiger partial charge in [0.05, 0.1) is 6.10 Å². The molecular weight excluding hydrogens is 649 g/mol. The summed E-state index contributed by atoms with van der Waals surface area (Å²) in [6, 6.07) is 29.7. The minimum Gasteiger partial charge on any atom is -0.369 e. The Morgan fingerprint density at radius 1 is 0.860 bits per heavy atom. The van der Waals surface area contributed by atoms with Gasteiger partial charge in [-0.2, -0.15) is 8.42 Å². The number of amides is 1. The van der Waals surface area contributed by atoms with Gasteiger partial charge in [-0.1, -0.05) is 113 Å². The summed E-state index contributed by atoms with van der Waals surface area (Å²) in [5, 5.41) is 0. The number of primary amides is 1. The van der Waals surface area contributed by atoms with Crippen LogP contribution in [0.4, 0.5) is 0 Å². The molecule has 0 spiro atoms. The van der Waals surface area contributed by atoms with Crippen LogP contribution in [0.2, 0.25) is 0 Å². The van der Waals surface area contributed by atoms with E-state index in [-0.39, 0.29) is 22.8 Å². The lowest BCUT2D eigenvalue weighted by Crippen LogP contribution is -2.54. The number of rotatable bonds is 6. The maximum atomic E-state index is 12.2. The highest BCUT2D eigenvalue weighted by atomic mass is 32.3. The van der Waals surface area contributed by atoms with Crippen molar-refractivity contribution < 1.29 is 27.1 Å². The largest absolute Gasteiger partial charge is 0.394 e. The summed E-state index contributed by atoms with van der Waals surface area (Å²) in [7, 11) is -2.38. The molecular formula is C41H56N2O6S. The number of nitrogens with two attached hydrogens (primary N) is 1. The van der Waals surface area contributed by atoms with Gasteiger partial charge >= 0.3 is 10.4 Å². The first kappa shape index (κ1) is 38.2. The van der Waals surface area contributed by atoms with Crippen molar-refractivity contribution in [3.05, 3.63) is 107 Å². The Hall–Kier alpha value is -3.08. The van der Waals surface area contributed by atoms with Crippen molar-refractivity contribution in [2.75, 3.05) is 7.05 Å². The number of fused-ring (bicyclic) bond motifs is 5. The molecule has 3 aromatic rings. The average molecular weight is 705 g/mol. The van der Waals surface area contributed by atoms with E-state index < -0.39 is 10.4 Å². The van der Waals surface area contributed by atoms with Crippen LogP contribution in [0.5, 0.6) is 0 Å². The number of piperidine rings is 1. The summed E-state index contributed by atoms with van der Waals surface area (Å²) >= 11 is 0. The highest BCUT2D eigenvalue weighted by molar-refractivity contribution is 7.79. The van der Waals surface area contributed by atoms with E-state index in [4.69, 9.17) is 28.0 Å². The van der Waals surface area contributed by atoms with Crippen molar-refractivity contribution >= 4 is 16.3 Å². The van der Waals surface area contributed by atoms with E-state index in [2.05, 4.69) is 119 Å². The molecule has 3 aromatic carbocycles. The third-order valence-corrected chi connectivity index (χ3v) is 12.2. The van der Waals surface area contributed by atoms with Crippen LogP contribution >= 0.6 is 0 Å². The molecule has 4 aliphatic rings. The van der Waals surface area contributed by atoms with Crippen molar-refractivity contribution in [3.8, 4) is 0 Å². The molecule has 2 bridgehead atoms. The zero-order valence-electron chi connectivity index (χ0n) is 30.3. The zero-order chi connectivity index (χ0) is 36.3. The van der Waals surface area contributed by atoms with Gasteiger partial charge in [0, 0.05) is 17.5 Å². The molecule has 2 heterocycles. The quantitative estimate of drug-likeness (QED) is 0.221. The van der Waals surface area contributed by atoms with E-state index >= 15 is 0 Å². The number of carbonyl (C=O) groups is 1. The number of aryl methyl sites for hydroxylation is 1. The number of nitrogens with zero attached hydrogens (tertiary/aromatic N) is 1. The molecule has 5 unspecified atom stereocenters. The Balaban J connectivity index is 0.000000172. The molecule has 4 N–H and O–H groups in total. The molecule has 1 saturated carbocycles. The number of carbonyl (C=O) groups excluding carboxylic acids is 1. The van der Waals surface area contributed by atoms with E-state index in [9.17, 15) is 4.79 Å². The van der Waals surface area contributed by atoms with Crippen LogP contribution in [0.3, 0.4) is 0 Å². The van der Waals surface area contributed by atoms with Crippen LogP contribution < -0.4 is 5.73 Å². The zero-order valence-corrected chi connectivity index (χ0v) is 31.1. The molecule has 2 aliphatic carbocycles. The number of benzene rings is 3. The summed E-state index contributed by atoms with van der Waals surface area (Å²) in [4.78, 5) is 14.7. The van der Waals surface area contributed by atoms with Crippen LogP contribution in [0.25, 0.3) is 0 Å². The van der Waals surface area contributed by atoms with Gasteiger partial charge in [-0.25, -0.2) is 0 Å². The summed E-state index contributed by atoms with van der Waals surface area (Å²) < 4.78 is 38.2. The first-order chi connectivity index (χ1) is 23.6. The summed E-state index contributed by atoms with van der Waals surface area (Å²) in [5.74, 6) is 0.840. The van der Waals surface area contributed by atoms with Gasteiger partial charge in [0.15, 0.2) is 0 Å². The predicted molar refractivity (Wildman–Crippen MR) is 198 cm³/mol. The molecule has 2 aliphatic heterocycles. The maximum absolute atomic E-state index is 12.2. The molecule has 1 amide bonds. The Morgan fingerprint density at radius 3 is 1.90 bits per heavy atom. The molecule has 9 heteroatoms. The van der Waals surface area contributed by atoms with Gasteiger partial charge in [0.2, 0.25) is 5.91 Å². The van der Waals surface area contributed by atoms with Gasteiger partial charge < -0.3 is 15.4 Å². The number of hydrogen-bond donors (Lipinski definition) is 3. The van der Waals surface area contributed by atoms with Crippen molar-refractivity contribution in [3.63, 3.8) is 0 Å². The minimum atomic E-state index is -4.67. The van der Waals surface area contributed by atoms with Gasteiger partial charge in [0.25, 0.3) is 0 Å². The van der Waals surface area contributed by atoms with Crippen molar-refractivity contribution in [1.82, 2.24) is 4.90 Å². The minimum absolute atomic E-state index is 0.0465. The van der Waals surface area contributed by atoms with E-state index in [1.165, 1.54) is 59.9 Å². The normalized spacial score (nSPS) is 28.8. The molecule has 3 fully saturated rings. The maximum Gasteiger partial charge on any atom is 0.394 e. The van der Waals surface area contributed by atoms with E-state index in [0.29, 0.717) is 30.0 Å². The van der Waals surface area contributed by atoms with Gasteiger partial charge in [-0.15, -0.1) is 0 Å². The second kappa shape index (κ2) is 15.7. The van der Waals surface area contributed by atoms with Crippen molar-refractivity contribution in [2.24, 2.45) is 17.1 Å². The predicted octanol–water partition coefficient (Wildman–Crippen LogP) is 8.07. The van der Waals surface area contributed by atoms with Crippen LogP contribution in [0, 0.1) is 11.3 Å². The Labute approximate surface area is 299 Å². The SMILES string of the molecule is CC(C)c1ccc2c(c1)CCC1C(C)(C(N)=O)CCCC21C.CN1C2CCC1CC(OC(c1ccccc1)c1ccccc1)C2.O=S(=O)(O)O. The van der Waals surface area contributed by atoms with Crippen LogP contribution in [0.15, 0.2) is 78.9 Å². The first-order valence-corrected chi connectivity index (χ1v) is 19.6. The molecule has 5 atom stereocenters. The van der Waals surface area contributed by atoms with Gasteiger partial charge in [-0.3, -0.25) is 13.9 Å². The molecule has 8 nitrogen and oxygen atoms in total. The molecule has 0 aromatic heterocycles. The average Bonchev–Trinajstić information content (AvgIpc) is 3.26. The third kappa shape index (κ3) is 8.68. The second-order valence-corrected chi connectivity index (χ2v) is 16.5. The smallest absolute Gasteiger partial charge is 0.369 e. The Morgan fingerprint density at radius 2 is 1.40 bits per heavy atom. The molecule has 2 saturated heterocycles. The van der Waals surface area contributed by atoms with Crippen molar-refractivity contribution in [1.29, 1.82) is 0 Å². The summed E-state index contributed by atoms with van der Waals surface area (Å²) in [6.07, 6.45) is 10.8. The number of hydrogen-bond acceptors (Lipinski definition) is 5.